The average Bonchev–Trinajstić information content (AvgIpc) is 3.09. The van der Waals surface area contributed by atoms with Gasteiger partial charge in [-0.2, -0.15) is 0 Å². The first-order valence-electron chi connectivity index (χ1n) is 17.4. The number of carbonyl (C=O) groups excluding carboxylic acids is 2. The number of nitrogens with zero attached hydrogens (tertiary/aromatic N) is 2. The van der Waals surface area contributed by atoms with Gasteiger partial charge in [-0.25, -0.2) is 13.2 Å². The van der Waals surface area contributed by atoms with Gasteiger partial charge in [0.15, 0.2) is 0 Å². The molecule has 49 heavy (non-hydrogen) atoms. The highest BCUT2D eigenvalue weighted by atomic mass is 32.2. The Balaban J connectivity index is 1.61. The van der Waals surface area contributed by atoms with Gasteiger partial charge >= 0.3 is 6.03 Å². The van der Waals surface area contributed by atoms with Gasteiger partial charge in [0, 0.05) is 44.4 Å². The SMILES string of the molecule is COc1ccc(S(=O)(=O)Nc2ccc3c(c2)C(=O)N([C@@H](C)CO)C[C@@H](C)[C@@H](CN(C)C(=O)NC2CCCCC2)OCCCC[C@@H](C)O3)cc1. The van der Waals surface area contributed by atoms with Gasteiger partial charge in [-0.3, -0.25) is 9.52 Å². The molecule has 4 atom stereocenters. The van der Waals surface area contributed by atoms with Crippen LogP contribution in [0.5, 0.6) is 11.5 Å². The smallest absolute Gasteiger partial charge is 0.317 e. The molecule has 1 saturated carbocycles. The number of carbonyl (C=O) groups is 2. The van der Waals surface area contributed by atoms with E-state index >= 15 is 0 Å². The summed E-state index contributed by atoms with van der Waals surface area (Å²) < 4.78 is 46.9. The summed E-state index contributed by atoms with van der Waals surface area (Å²) in [6.45, 7) is 6.43. The van der Waals surface area contributed by atoms with Crippen LogP contribution in [0.4, 0.5) is 10.5 Å². The number of anilines is 1. The van der Waals surface area contributed by atoms with E-state index in [4.69, 9.17) is 14.2 Å². The van der Waals surface area contributed by atoms with E-state index < -0.39 is 22.0 Å². The van der Waals surface area contributed by atoms with Gasteiger partial charge in [-0.15, -0.1) is 0 Å². The van der Waals surface area contributed by atoms with E-state index in [0.29, 0.717) is 31.1 Å². The summed E-state index contributed by atoms with van der Waals surface area (Å²) in [6, 6.07) is 10.1. The van der Waals surface area contributed by atoms with Crippen molar-refractivity contribution in [2.24, 2.45) is 5.92 Å². The number of urea groups is 1. The molecular weight excluding hydrogens is 648 g/mol. The lowest BCUT2D eigenvalue weighted by atomic mass is 9.96. The standard InChI is InChI=1S/C36H54N4O8S/c1-25-22-40(26(2)24-41)35(42)32-21-29(38-49(44,45)31-17-15-30(46-5)16-18-31)14-19-33(32)48-27(3)11-9-10-20-47-34(25)23-39(4)36(43)37-28-12-7-6-8-13-28/h14-19,21,25-28,34,38,41H,6-13,20,22-24H2,1-5H3,(H,37,43)/t25-,26+,27-,34-/m1/s1. The minimum Gasteiger partial charge on any atom is -0.497 e. The highest BCUT2D eigenvalue weighted by Gasteiger charge is 2.31. The molecule has 3 amide bonds. The maximum Gasteiger partial charge on any atom is 0.317 e. The molecule has 1 fully saturated rings. The second-order valence-electron chi connectivity index (χ2n) is 13.5. The molecule has 3 N–H and O–H groups in total. The zero-order valence-corrected chi connectivity index (χ0v) is 30.3. The van der Waals surface area contributed by atoms with Crippen LogP contribution in [0.15, 0.2) is 47.4 Å². The molecule has 0 saturated heterocycles. The molecule has 2 aromatic rings. The van der Waals surface area contributed by atoms with Crippen LogP contribution < -0.4 is 19.5 Å². The van der Waals surface area contributed by atoms with Gasteiger partial charge in [0.1, 0.15) is 11.5 Å². The summed E-state index contributed by atoms with van der Waals surface area (Å²) in [5, 5.41) is 13.4. The monoisotopic (exact) mass is 702 g/mol. The van der Waals surface area contributed by atoms with Crippen LogP contribution in [0.1, 0.15) is 82.5 Å². The third-order valence-electron chi connectivity index (χ3n) is 9.41. The Morgan fingerprint density at radius 1 is 1.06 bits per heavy atom. The van der Waals surface area contributed by atoms with Gasteiger partial charge in [-0.05, 0) is 88.4 Å². The van der Waals surface area contributed by atoms with Crippen LogP contribution in [0.3, 0.4) is 0 Å². The number of aliphatic hydroxyl groups excluding tert-OH is 1. The fourth-order valence-corrected chi connectivity index (χ4v) is 7.35. The van der Waals surface area contributed by atoms with Crippen LogP contribution in [0.25, 0.3) is 0 Å². The minimum atomic E-state index is -3.99. The van der Waals surface area contributed by atoms with E-state index in [1.807, 2.05) is 13.8 Å². The van der Waals surface area contributed by atoms with Gasteiger partial charge in [0.05, 0.1) is 42.4 Å². The zero-order valence-electron chi connectivity index (χ0n) is 29.5. The van der Waals surface area contributed by atoms with Crippen molar-refractivity contribution < 1.29 is 37.3 Å². The Bertz CT molecular complexity index is 1480. The van der Waals surface area contributed by atoms with Crippen molar-refractivity contribution in [2.45, 2.75) is 101 Å². The number of amides is 3. The topological polar surface area (TPSA) is 147 Å². The predicted molar refractivity (Wildman–Crippen MR) is 189 cm³/mol. The molecule has 0 bridgehead atoms. The molecule has 1 aliphatic carbocycles. The molecule has 1 aliphatic heterocycles. The Morgan fingerprint density at radius 2 is 1.76 bits per heavy atom. The Hall–Kier alpha value is -3.55. The number of methoxy groups -OCH3 is 1. The first-order chi connectivity index (χ1) is 23.4. The van der Waals surface area contributed by atoms with Gasteiger partial charge in [0.25, 0.3) is 15.9 Å². The largest absolute Gasteiger partial charge is 0.497 e. The number of likely N-dealkylation sites (N-methyl/N-ethyl adjacent to an activating group) is 1. The van der Waals surface area contributed by atoms with E-state index in [9.17, 15) is 23.1 Å². The highest BCUT2D eigenvalue weighted by molar-refractivity contribution is 7.92. The number of ether oxygens (including phenoxy) is 3. The second-order valence-corrected chi connectivity index (χ2v) is 15.1. The van der Waals surface area contributed by atoms with E-state index in [-0.39, 0.29) is 59.5 Å². The lowest BCUT2D eigenvalue weighted by Crippen LogP contribution is -2.50. The number of hydrogen-bond donors (Lipinski definition) is 3. The maximum atomic E-state index is 14.4. The van der Waals surface area contributed by atoms with E-state index in [1.54, 1.807) is 48.0 Å². The summed E-state index contributed by atoms with van der Waals surface area (Å²) in [4.78, 5) is 30.8. The summed E-state index contributed by atoms with van der Waals surface area (Å²) >= 11 is 0. The molecule has 0 unspecified atom stereocenters. The van der Waals surface area contributed by atoms with Gasteiger partial charge < -0.3 is 34.4 Å². The van der Waals surface area contributed by atoms with Crippen LogP contribution >= 0.6 is 0 Å². The third-order valence-corrected chi connectivity index (χ3v) is 10.8. The van der Waals surface area contributed by atoms with Crippen LogP contribution in [0, 0.1) is 5.92 Å². The maximum absolute atomic E-state index is 14.4. The number of sulfonamides is 1. The lowest BCUT2D eigenvalue weighted by Gasteiger charge is -2.36. The fourth-order valence-electron chi connectivity index (χ4n) is 6.30. The normalized spacial score (nSPS) is 22.2. The zero-order chi connectivity index (χ0) is 35.6. The molecule has 2 aliphatic rings. The lowest BCUT2D eigenvalue weighted by molar-refractivity contribution is -0.0123. The average molecular weight is 703 g/mol. The predicted octanol–water partition coefficient (Wildman–Crippen LogP) is 5.27. The molecule has 0 spiro atoms. The number of rotatable bonds is 9. The first-order valence-corrected chi connectivity index (χ1v) is 18.9. The summed E-state index contributed by atoms with van der Waals surface area (Å²) in [7, 11) is -0.718. The molecular formula is C36H54N4O8S. The summed E-state index contributed by atoms with van der Waals surface area (Å²) in [6.07, 6.45) is 7.14. The molecule has 1 heterocycles. The third kappa shape index (κ3) is 10.7. The molecule has 0 aromatic heterocycles. The van der Waals surface area contributed by atoms with Crippen molar-refractivity contribution in [3.05, 3.63) is 48.0 Å². The number of benzene rings is 2. The van der Waals surface area contributed by atoms with Gasteiger partial charge in [-0.1, -0.05) is 26.2 Å². The van der Waals surface area contributed by atoms with Crippen molar-refractivity contribution in [1.82, 2.24) is 15.1 Å². The quantitative estimate of drug-likeness (QED) is 0.321. The number of nitrogens with one attached hydrogen (secondary N) is 2. The minimum absolute atomic E-state index is 0.0392. The Morgan fingerprint density at radius 3 is 2.43 bits per heavy atom. The number of aliphatic hydroxyl groups is 1. The number of hydrogen-bond acceptors (Lipinski definition) is 8. The molecule has 13 heteroatoms. The van der Waals surface area contributed by atoms with Crippen LogP contribution in [0.2, 0.25) is 0 Å². The first kappa shape index (κ1) is 38.3. The van der Waals surface area contributed by atoms with Crippen molar-refractivity contribution in [3.8, 4) is 11.5 Å². The Labute approximate surface area is 291 Å². The van der Waals surface area contributed by atoms with Crippen molar-refractivity contribution >= 4 is 27.6 Å². The fraction of sp³-hybridized carbons (Fsp3) is 0.611. The van der Waals surface area contributed by atoms with E-state index in [0.717, 1.165) is 38.5 Å². The summed E-state index contributed by atoms with van der Waals surface area (Å²) in [5.74, 6) is 0.222. The van der Waals surface area contributed by atoms with Crippen molar-refractivity contribution in [3.63, 3.8) is 0 Å². The number of fused-ring (bicyclic) bond motifs is 1. The van der Waals surface area contributed by atoms with Crippen LogP contribution in [-0.4, -0.2) is 100 Å². The van der Waals surface area contributed by atoms with Crippen molar-refractivity contribution in [2.75, 3.05) is 45.2 Å². The molecule has 272 valence electrons. The van der Waals surface area contributed by atoms with Gasteiger partial charge in [0.2, 0.25) is 0 Å². The van der Waals surface area contributed by atoms with E-state index in [1.165, 1.54) is 31.7 Å². The molecule has 12 nitrogen and oxygen atoms in total. The second kappa shape index (κ2) is 17.9. The Kier molecular flexibility index (Phi) is 14.0. The highest BCUT2D eigenvalue weighted by Crippen LogP contribution is 2.30. The molecule has 2 aromatic carbocycles. The van der Waals surface area contributed by atoms with Crippen molar-refractivity contribution in [1.29, 1.82) is 0 Å². The molecule has 0 radical (unpaired) electrons. The summed E-state index contributed by atoms with van der Waals surface area (Å²) in [5.41, 5.74) is 0.365. The van der Waals surface area contributed by atoms with E-state index in [2.05, 4.69) is 10.0 Å². The molecule has 4 rings (SSSR count). The van der Waals surface area contributed by atoms with Crippen LogP contribution in [-0.2, 0) is 14.8 Å².